The SMILES string of the molecule is Cc1nn(C)c2c1nc(C(C)Cl)n2C1CCCCCC1. The van der Waals surface area contributed by atoms with Gasteiger partial charge in [0.1, 0.15) is 11.3 Å². The Morgan fingerprint density at radius 2 is 1.85 bits per heavy atom. The molecule has 0 saturated heterocycles. The van der Waals surface area contributed by atoms with Crippen molar-refractivity contribution in [3.8, 4) is 0 Å². The molecule has 0 amide bonds. The van der Waals surface area contributed by atoms with Crippen molar-refractivity contribution in [2.24, 2.45) is 7.05 Å². The first-order valence-corrected chi connectivity index (χ1v) is 8.08. The summed E-state index contributed by atoms with van der Waals surface area (Å²) in [6.45, 7) is 4.04. The Morgan fingerprint density at radius 3 is 2.45 bits per heavy atom. The molecule has 0 aromatic carbocycles. The normalized spacial score (nSPS) is 19.4. The van der Waals surface area contributed by atoms with Crippen LogP contribution >= 0.6 is 11.6 Å². The third-order valence-corrected chi connectivity index (χ3v) is 4.60. The molecule has 2 aromatic rings. The number of fused-ring (bicyclic) bond motifs is 1. The number of hydrogen-bond donors (Lipinski definition) is 0. The predicted octanol–water partition coefficient (Wildman–Crippen LogP) is 4.27. The molecule has 1 saturated carbocycles. The van der Waals surface area contributed by atoms with E-state index in [2.05, 4.69) is 9.67 Å². The number of alkyl halides is 1. The lowest BCUT2D eigenvalue weighted by Crippen LogP contribution is -2.14. The fraction of sp³-hybridized carbons (Fsp3) is 0.733. The lowest BCUT2D eigenvalue weighted by molar-refractivity contribution is 0.433. The molecule has 20 heavy (non-hydrogen) atoms. The molecule has 4 nitrogen and oxygen atoms in total. The second-order valence-electron chi connectivity index (χ2n) is 5.98. The minimum absolute atomic E-state index is 0.0648. The van der Waals surface area contributed by atoms with Gasteiger partial charge in [-0.1, -0.05) is 25.7 Å². The van der Waals surface area contributed by atoms with Crippen molar-refractivity contribution >= 4 is 22.8 Å². The summed E-state index contributed by atoms with van der Waals surface area (Å²) < 4.78 is 4.34. The molecule has 1 atom stereocenters. The highest BCUT2D eigenvalue weighted by atomic mass is 35.5. The number of rotatable bonds is 2. The second kappa shape index (κ2) is 5.40. The number of imidazole rings is 1. The molecule has 0 spiro atoms. The maximum absolute atomic E-state index is 6.39. The highest BCUT2D eigenvalue weighted by Gasteiger charge is 2.25. The van der Waals surface area contributed by atoms with E-state index >= 15 is 0 Å². The van der Waals surface area contributed by atoms with Crippen molar-refractivity contribution in [3.63, 3.8) is 0 Å². The molecule has 0 radical (unpaired) electrons. The zero-order valence-corrected chi connectivity index (χ0v) is 13.3. The van der Waals surface area contributed by atoms with E-state index in [1.54, 1.807) is 0 Å². The molecule has 1 unspecified atom stereocenters. The third-order valence-electron chi connectivity index (χ3n) is 4.41. The van der Waals surface area contributed by atoms with E-state index in [-0.39, 0.29) is 5.38 Å². The molecule has 2 heterocycles. The zero-order valence-electron chi connectivity index (χ0n) is 12.6. The minimum atomic E-state index is -0.0648. The molecule has 2 aromatic heterocycles. The topological polar surface area (TPSA) is 35.6 Å². The van der Waals surface area contributed by atoms with E-state index in [0.717, 1.165) is 22.7 Å². The fourth-order valence-corrected chi connectivity index (χ4v) is 3.62. The number of aryl methyl sites for hydroxylation is 2. The van der Waals surface area contributed by atoms with Gasteiger partial charge in [-0.25, -0.2) is 4.98 Å². The van der Waals surface area contributed by atoms with Gasteiger partial charge in [0.05, 0.1) is 11.1 Å². The fourth-order valence-electron chi connectivity index (χ4n) is 3.47. The van der Waals surface area contributed by atoms with E-state index in [4.69, 9.17) is 16.6 Å². The van der Waals surface area contributed by atoms with Crippen molar-refractivity contribution in [3.05, 3.63) is 11.5 Å². The molecule has 0 bridgehead atoms. The molecular weight excluding hydrogens is 272 g/mol. The monoisotopic (exact) mass is 294 g/mol. The Hall–Kier alpha value is -1.03. The molecule has 1 fully saturated rings. The average molecular weight is 295 g/mol. The van der Waals surface area contributed by atoms with Gasteiger partial charge in [0, 0.05) is 13.1 Å². The van der Waals surface area contributed by atoms with Gasteiger partial charge in [-0.3, -0.25) is 4.68 Å². The van der Waals surface area contributed by atoms with Crippen LogP contribution in [0.5, 0.6) is 0 Å². The lowest BCUT2D eigenvalue weighted by atomic mass is 10.1. The Bertz CT molecular complexity index is 603. The minimum Gasteiger partial charge on any atom is -0.309 e. The van der Waals surface area contributed by atoms with Crippen molar-refractivity contribution in [2.75, 3.05) is 0 Å². The Kier molecular flexibility index (Phi) is 3.76. The molecule has 3 rings (SSSR count). The molecule has 110 valence electrons. The van der Waals surface area contributed by atoms with Crippen LogP contribution in [0.1, 0.15) is 68.4 Å². The second-order valence-corrected chi connectivity index (χ2v) is 6.64. The number of nitrogens with zero attached hydrogens (tertiary/aromatic N) is 4. The standard InChI is InChI=1S/C15H23ClN4/c1-10(16)14-17-13-11(2)18-19(3)15(13)20(14)12-8-6-4-5-7-9-12/h10,12H,4-9H2,1-3H3. The van der Waals surface area contributed by atoms with Crippen LogP contribution in [0.25, 0.3) is 11.2 Å². The highest BCUT2D eigenvalue weighted by molar-refractivity contribution is 6.20. The van der Waals surface area contributed by atoms with Crippen LogP contribution in [-0.2, 0) is 7.05 Å². The summed E-state index contributed by atoms with van der Waals surface area (Å²) in [6.07, 6.45) is 7.77. The van der Waals surface area contributed by atoms with Crippen LogP contribution in [-0.4, -0.2) is 19.3 Å². The van der Waals surface area contributed by atoms with E-state index in [0.29, 0.717) is 6.04 Å². The van der Waals surface area contributed by atoms with Gasteiger partial charge < -0.3 is 4.57 Å². The lowest BCUT2D eigenvalue weighted by Gasteiger charge is -2.21. The molecular formula is C15H23ClN4. The van der Waals surface area contributed by atoms with Gasteiger partial charge in [-0.05, 0) is 26.7 Å². The van der Waals surface area contributed by atoms with Crippen LogP contribution in [0.4, 0.5) is 0 Å². The van der Waals surface area contributed by atoms with Gasteiger partial charge in [-0.15, -0.1) is 11.6 Å². The number of hydrogen-bond acceptors (Lipinski definition) is 2. The van der Waals surface area contributed by atoms with Gasteiger partial charge in [-0.2, -0.15) is 5.10 Å². The molecule has 0 aliphatic heterocycles. The summed E-state index contributed by atoms with van der Waals surface area (Å²) in [4.78, 5) is 4.79. The van der Waals surface area contributed by atoms with Crippen LogP contribution in [0.2, 0.25) is 0 Å². The number of aromatic nitrogens is 4. The van der Waals surface area contributed by atoms with Gasteiger partial charge in [0.15, 0.2) is 5.65 Å². The van der Waals surface area contributed by atoms with Gasteiger partial charge in [0.2, 0.25) is 0 Å². The Labute approximate surface area is 125 Å². The number of halogens is 1. The highest BCUT2D eigenvalue weighted by Crippen LogP contribution is 2.35. The summed E-state index contributed by atoms with van der Waals surface area (Å²) in [5.74, 6) is 1.00. The first-order chi connectivity index (χ1) is 9.59. The molecule has 0 N–H and O–H groups in total. The first kappa shape index (κ1) is 13.9. The van der Waals surface area contributed by atoms with Crippen molar-refractivity contribution in [2.45, 2.75) is 63.8 Å². The molecule has 1 aliphatic rings. The zero-order chi connectivity index (χ0) is 14.3. The smallest absolute Gasteiger partial charge is 0.158 e. The first-order valence-electron chi connectivity index (χ1n) is 7.65. The Morgan fingerprint density at radius 1 is 1.20 bits per heavy atom. The average Bonchev–Trinajstić information content (AvgIpc) is 2.77. The predicted molar refractivity (Wildman–Crippen MR) is 82.2 cm³/mol. The third kappa shape index (κ3) is 2.24. The van der Waals surface area contributed by atoms with Crippen LogP contribution in [0.3, 0.4) is 0 Å². The summed E-state index contributed by atoms with van der Waals surface area (Å²) in [7, 11) is 2.01. The van der Waals surface area contributed by atoms with Crippen molar-refractivity contribution in [1.82, 2.24) is 19.3 Å². The maximum atomic E-state index is 6.39. The summed E-state index contributed by atoms with van der Waals surface area (Å²) in [5.41, 5.74) is 3.14. The van der Waals surface area contributed by atoms with E-state index < -0.39 is 0 Å². The van der Waals surface area contributed by atoms with Gasteiger partial charge in [0.25, 0.3) is 0 Å². The Balaban J connectivity index is 2.17. The van der Waals surface area contributed by atoms with Gasteiger partial charge >= 0.3 is 0 Å². The van der Waals surface area contributed by atoms with E-state index in [1.807, 2.05) is 25.6 Å². The molecule has 5 heteroatoms. The summed E-state index contributed by atoms with van der Waals surface area (Å²) >= 11 is 6.39. The maximum Gasteiger partial charge on any atom is 0.158 e. The van der Waals surface area contributed by atoms with E-state index in [9.17, 15) is 0 Å². The van der Waals surface area contributed by atoms with Crippen molar-refractivity contribution in [1.29, 1.82) is 0 Å². The summed E-state index contributed by atoms with van der Waals surface area (Å²) in [6, 6.07) is 0.522. The van der Waals surface area contributed by atoms with Crippen LogP contribution in [0.15, 0.2) is 0 Å². The van der Waals surface area contributed by atoms with E-state index in [1.165, 1.54) is 38.5 Å². The van der Waals surface area contributed by atoms with Crippen LogP contribution < -0.4 is 0 Å². The van der Waals surface area contributed by atoms with Crippen LogP contribution in [0, 0.1) is 6.92 Å². The summed E-state index contributed by atoms with van der Waals surface area (Å²) in [5, 5.41) is 4.46. The molecule has 1 aliphatic carbocycles. The quantitative estimate of drug-likeness (QED) is 0.612. The largest absolute Gasteiger partial charge is 0.309 e. The van der Waals surface area contributed by atoms with Crippen molar-refractivity contribution < 1.29 is 0 Å².